The van der Waals surface area contributed by atoms with E-state index in [2.05, 4.69) is 10.3 Å². The van der Waals surface area contributed by atoms with Crippen LogP contribution in [-0.4, -0.2) is 56.5 Å². The SMILES string of the molecule is O=C(NCCc1ccc(S(=O)(=O)N2CCOCC2)cc1)c1ccncc1. The molecule has 2 heterocycles. The van der Waals surface area contributed by atoms with Crippen molar-refractivity contribution in [2.45, 2.75) is 11.3 Å². The van der Waals surface area contributed by atoms with E-state index in [9.17, 15) is 13.2 Å². The molecule has 3 rings (SSSR count). The quantitative estimate of drug-likeness (QED) is 0.816. The molecule has 138 valence electrons. The second-order valence-electron chi connectivity index (χ2n) is 5.90. The highest BCUT2D eigenvalue weighted by atomic mass is 32.2. The maximum absolute atomic E-state index is 12.6. The van der Waals surface area contributed by atoms with Crippen LogP contribution >= 0.6 is 0 Å². The molecule has 0 aliphatic carbocycles. The number of hydrogen-bond donors (Lipinski definition) is 1. The van der Waals surface area contributed by atoms with Gasteiger partial charge >= 0.3 is 0 Å². The number of aromatic nitrogens is 1. The minimum absolute atomic E-state index is 0.154. The summed E-state index contributed by atoms with van der Waals surface area (Å²) < 4.78 is 31.8. The average molecular weight is 375 g/mol. The Morgan fingerprint density at radius 2 is 1.73 bits per heavy atom. The largest absolute Gasteiger partial charge is 0.379 e. The van der Waals surface area contributed by atoms with Gasteiger partial charge in [0.2, 0.25) is 10.0 Å². The predicted molar refractivity (Wildman–Crippen MR) is 96.3 cm³/mol. The van der Waals surface area contributed by atoms with Gasteiger partial charge in [0.15, 0.2) is 0 Å². The van der Waals surface area contributed by atoms with Gasteiger partial charge in [0.1, 0.15) is 0 Å². The van der Waals surface area contributed by atoms with Crippen molar-refractivity contribution < 1.29 is 17.9 Å². The van der Waals surface area contributed by atoms with Gasteiger partial charge in [-0.25, -0.2) is 8.42 Å². The molecule has 26 heavy (non-hydrogen) atoms. The van der Waals surface area contributed by atoms with E-state index in [1.807, 2.05) is 0 Å². The molecular weight excluding hydrogens is 354 g/mol. The zero-order valence-corrected chi connectivity index (χ0v) is 15.1. The molecule has 0 radical (unpaired) electrons. The van der Waals surface area contributed by atoms with Crippen molar-refractivity contribution in [2.24, 2.45) is 0 Å². The molecule has 1 aliphatic rings. The molecule has 1 saturated heterocycles. The Labute approximate surface area is 153 Å². The first-order valence-corrected chi connectivity index (χ1v) is 9.86. The Morgan fingerprint density at radius 1 is 1.08 bits per heavy atom. The van der Waals surface area contributed by atoms with Crippen molar-refractivity contribution in [2.75, 3.05) is 32.8 Å². The van der Waals surface area contributed by atoms with E-state index in [0.717, 1.165) is 5.56 Å². The van der Waals surface area contributed by atoms with Crippen LogP contribution in [0.15, 0.2) is 53.7 Å². The summed E-state index contributed by atoms with van der Waals surface area (Å²) in [6.07, 6.45) is 3.76. The van der Waals surface area contributed by atoms with E-state index in [0.29, 0.717) is 44.8 Å². The molecule has 1 aromatic carbocycles. The molecule has 8 heteroatoms. The molecule has 7 nitrogen and oxygen atoms in total. The number of carbonyl (C=O) groups excluding carboxylic acids is 1. The lowest BCUT2D eigenvalue weighted by atomic mass is 10.1. The average Bonchev–Trinajstić information content (AvgIpc) is 2.69. The first-order chi connectivity index (χ1) is 12.6. The number of sulfonamides is 1. The topological polar surface area (TPSA) is 88.6 Å². The van der Waals surface area contributed by atoms with E-state index in [1.54, 1.807) is 48.8 Å². The van der Waals surface area contributed by atoms with Crippen molar-refractivity contribution in [3.05, 3.63) is 59.9 Å². The first kappa shape index (κ1) is 18.5. The predicted octanol–water partition coefficient (Wildman–Crippen LogP) is 1.08. The zero-order valence-electron chi connectivity index (χ0n) is 14.3. The number of pyridine rings is 1. The summed E-state index contributed by atoms with van der Waals surface area (Å²) in [6, 6.07) is 10.1. The summed E-state index contributed by atoms with van der Waals surface area (Å²) in [7, 11) is -3.47. The van der Waals surface area contributed by atoms with E-state index in [4.69, 9.17) is 4.74 Å². The maximum atomic E-state index is 12.6. The van der Waals surface area contributed by atoms with Gasteiger partial charge in [0, 0.05) is 37.6 Å². The van der Waals surface area contributed by atoms with E-state index >= 15 is 0 Å². The van der Waals surface area contributed by atoms with E-state index in [-0.39, 0.29) is 10.8 Å². The Morgan fingerprint density at radius 3 is 2.38 bits per heavy atom. The lowest BCUT2D eigenvalue weighted by Crippen LogP contribution is -2.40. The third kappa shape index (κ3) is 4.46. The normalized spacial score (nSPS) is 15.5. The second-order valence-corrected chi connectivity index (χ2v) is 7.84. The summed E-state index contributed by atoms with van der Waals surface area (Å²) in [5.41, 5.74) is 1.52. The standard InChI is InChI=1S/C18H21N3O4S/c22-18(16-6-8-19-9-7-16)20-10-5-15-1-3-17(4-2-15)26(23,24)21-11-13-25-14-12-21/h1-4,6-9H,5,10-14H2,(H,20,22). The van der Waals surface area contributed by atoms with Crippen LogP contribution in [0, 0.1) is 0 Å². The minimum Gasteiger partial charge on any atom is -0.379 e. The summed E-state index contributed by atoms with van der Waals surface area (Å²) >= 11 is 0. The molecule has 1 aliphatic heterocycles. The lowest BCUT2D eigenvalue weighted by Gasteiger charge is -2.26. The zero-order chi connectivity index (χ0) is 18.4. The van der Waals surface area contributed by atoms with Crippen LogP contribution < -0.4 is 5.32 Å². The Bertz CT molecular complexity index is 832. The van der Waals surface area contributed by atoms with Crippen LogP contribution in [0.25, 0.3) is 0 Å². The lowest BCUT2D eigenvalue weighted by molar-refractivity contribution is 0.0730. The van der Waals surface area contributed by atoms with Crippen LogP contribution in [0.3, 0.4) is 0 Å². The van der Waals surface area contributed by atoms with Crippen molar-refractivity contribution in [1.82, 2.24) is 14.6 Å². The number of nitrogens with one attached hydrogen (secondary N) is 1. The number of hydrogen-bond acceptors (Lipinski definition) is 5. The Kier molecular flexibility index (Phi) is 5.97. The van der Waals surface area contributed by atoms with Crippen LogP contribution in [-0.2, 0) is 21.2 Å². The highest BCUT2D eigenvalue weighted by molar-refractivity contribution is 7.89. The Balaban J connectivity index is 1.55. The van der Waals surface area contributed by atoms with Gasteiger partial charge < -0.3 is 10.1 Å². The summed E-state index contributed by atoms with van der Waals surface area (Å²) in [4.78, 5) is 16.1. The van der Waals surface area contributed by atoms with Gasteiger partial charge in [-0.3, -0.25) is 9.78 Å². The molecule has 1 aromatic heterocycles. The number of benzene rings is 1. The fourth-order valence-electron chi connectivity index (χ4n) is 2.69. The van der Waals surface area contributed by atoms with Crippen LogP contribution in [0.1, 0.15) is 15.9 Å². The molecule has 1 fully saturated rings. The van der Waals surface area contributed by atoms with Crippen LogP contribution in [0.4, 0.5) is 0 Å². The number of nitrogens with zero attached hydrogens (tertiary/aromatic N) is 2. The minimum atomic E-state index is -3.47. The number of ether oxygens (including phenoxy) is 1. The van der Waals surface area contributed by atoms with Crippen LogP contribution in [0.5, 0.6) is 0 Å². The van der Waals surface area contributed by atoms with Gasteiger partial charge in [0.25, 0.3) is 5.91 Å². The van der Waals surface area contributed by atoms with E-state index in [1.165, 1.54) is 4.31 Å². The third-order valence-electron chi connectivity index (χ3n) is 4.17. The summed E-state index contributed by atoms with van der Waals surface area (Å²) in [6.45, 7) is 2.08. The summed E-state index contributed by atoms with van der Waals surface area (Å²) in [5.74, 6) is -0.154. The molecule has 0 bridgehead atoms. The fourth-order valence-corrected chi connectivity index (χ4v) is 4.10. The molecule has 2 aromatic rings. The number of carbonyl (C=O) groups is 1. The van der Waals surface area contributed by atoms with Gasteiger partial charge in [-0.05, 0) is 36.2 Å². The van der Waals surface area contributed by atoms with Gasteiger partial charge in [-0.2, -0.15) is 4.31 Å². The molecular formula is C18H21N3O4S. The monoisotopic (exact) mass is 375 g/mol. The molecule has 1 amide bonds. The van der Waals surface area contributed by atoms with Gasteiger partial charge in [0.05, 0.1) is 18.1 Å². The molecule has 0 saturated carbocycles. The number of morpholine rings is 1. The highest BCUT2D eigenvalue weighted by Crippen LogP contribution is 2.17. The highest BCUT2D eigenvalue weighted by Gasteiger charge is 2.25. The van der Waals surface area contributed by atoms with Crippen molar-refractivity contribution in [1.29, 1.82) is 0 Å². The second kappa shape index (κ2) is 8.39. The van der Waals surface area contributed by atoms with Gasteiger partial charge in [-0.1, -0.05) is 12.1 Å². The molecule has 0 spiro atoms. The molecule has 0 atom stereocenters. The molecule has 1 N–H and O–H groups in total. The molecule has 0 unspecified atom stereocenters. The van der Waals surface area contributed by atoms with E-state index < -0.39 is 10.0 Å². The van der Waals surface area contributed by atoms with Crippen molar-refractivity contribution in [3.63, 3.8) is 0 Å². The van der Waals surface area contributed by atoms with Crippen LogP contribution in [0.2, 0.25) is 0 Å². The Hall–Kier alpha value is -2.29. The van der Waals surface area contributed by atoms with Gasteiger partial charge in [-0.15, -0.1) is 0 Å². The van der Waals surface area contributed by atoms with Crippen molar-refractivity contribution in [3.8, 4) is 0 Å². The number of rotatable bonds is 6. The third-order valence-corrected chi connectivity index (χ3v) is 6.09. The van der Waals surface area contributed by atoms with Crippen molar-refractivity contribution >= 4 is 15.9 Å². The first-order valence-electron chi connectivity index (χ1n) is 8.42. The maximum Gasteiger partial charge on any atom is 0.251 e. The summed E-state index contributed by atoms with van der Waals surface area (Å²) in [5, 5.41) is 2.84. The number of amides is 1. The smallest absolute Gasteiger partial charge is 0.251 e. The fraction of sp³-hybridized carbons (Fsp3) is 0.333.